The Labute approximate surface area is 117 Å². The van der Waals surface area contributed by atoms with E-state index >= 15 is 0 Å². The molecule has 0 saturated carbocycles. The fourth-order valence-corrected chi connectivity index (χ4v) is 1.66. The van der Waals surface area contributed by atoms with Crippen LogP contribution in [0.3, 0.4) is 0 Å². The number of carboxylic acids is 2. The van der Waals surface area contributed by atoms with Gasteiger partial charge in [-0.1, -0.05) is 12.1 Å². The average molecular weight is 294 g/mol. The van der Waals surface area contributed by atoms with Crippen molar-refractivity contribution in [2.45, 2.75) is 0 Å². The van der Waals surface area contributed by atoms with E-state index in [4.69, 9.17) is 14.9 Å². The second kappa shape index (κ2) is 5.58. The van der Waals surface area contributed by atoms with Gasteiger partial charge < -0.3 is 14.9 Å². The molecule has 2 rings (SSSR count). The molecular weight excluding hydrogens is 286 g/mol. The van der Waals surface area contributed by atoms with E-state index < -0.39 is 46.2 Å². The summed E-state index contributed by atoms with van der Waals surface area (Å²) in [5.74, 6) is -6.57. The van der Waals surface area contributed by atoms with Crippen LogP contribution in [-0.2, 0) is 0 Å². The third kappa shape index (κ3) is 2.81. The Balaban J connectivity index is 2.59. The highest BCUT2D eigenvalue weighted by Gasteiger charge is 2.22. The molecule has 0 bridgehead atoms. The van der Waals surface area contributed by atoms with Gasteiger partial charge in [-0.25, -0.2) is 18.4 Å². The minimum atomic E-state index is -1.49. The summed E-state index contributed by atoms with van der Waals surface area (Å²) >= 11 is 0. The second-order valence-corrected chi connectivity index (χ2v) is 3.95. The number of para-hydroxylation sites is 2. The second-order valence-electron chi connectivity index (χ2n) is 3.95. The molecule has 0 aliphatic rings. The van der Waals surface area contributed by atoms with Crippen molar-refractivity contribution in [1.82, 2.24) is 0 Å². The SMILES string of the molecule is O=C(O)c1cccc(F)c1Oc1c(F)cccc1C(=O)O. The van der Waals surface area contributed by atoms with Crippen molar-refractivity contribution in [3.05, 3.63) is 59.2 Å². The van der Waals surface area contributed by atoms with Crippen LogP contribution in [0.2, 0.25) is 0 Å². The molecule has 7 heteroatoms. The largest absolute Gasteiger partial charge is 0.478 e. The van der Waals surface area contributed by atoms with Crippen LogP contribution in [0.25, 0.3) is 0 Å². The van der Waals surface area contributed by atoms with Crippen LogP contribution in [0.15, 0.2) is 36.4 Å². The zero-order chi connectivity index (χ0) is 15.6. The van der Waals surface area contributed by atoms with Crippen molar-refractivity contribution in [3.8, 4) is 11.5 Å². The first-order chi connectivity index (χ1) is 9.91. The number of hydrogen-bond acceptors (Lipinski definition) is 3. The van der Waals surface area contributed by atoms with Gasteiger partial charge in [-0.05, 0) is 24.3 Å². The van der Waals surface area contributed by atoms with Crippen LogP contribution in [0.1, 0.15) is 20.7 Å². The van der Waals surface area contributed by atoms with Crippen molar-refractivity contribution in [2.75, 3.05) is 0 Å². The van der Waals surface area contributed by atoms with Crippen molar-refractivity contribution in [2.24, 2.45) is 0 Å². The maximum Gasteiger partial charge on any atom is 0.339 e. The number of benzene rings is 2. The Kier molecular flexibility index (Phi) is 3.84. The van der Waals surface area contributed by atoms with Crippen LogP contribution >= 0.6 is 0 Å². The highest BCUT2D eigenvalue weighted by molar-refractivity contribution is 5.92. The molecular formula is C14H8F2O5. The smallest absolute Gasteiger partial charge is 0.339 e. The lowest BCUT2D eigenvalue weighted by atomic mass is 10.1. The molecule has 0 unspecified atom stereocenters. The fraction of sp³-hybridized carbons (Fsp3) is 0. The van der Waals surface area contributed by atoms with Gasteiger partial charge in [-0.3, -0.25) is 0 Å². The van der Waals surface area contributed by atoms with Gasteiger partial charge in [0.05, 0.1) is 0 Å². The summed E-state index contributed by atoms with van der Waals surface area (Å²) in [7, 11) is 0. The van der Waals surface area contributed by atoms with Gasteiger partial charge >= 0.3 is 11.9 Å². The first-order valence-corrected chi connectivity index (χ1v) is 5.63. The number of aromatic carboxylic acids is 2. The number of rotatable bonds is 4. The summed E-state index contributed by atoms with van der Waals surface area (Å²) in [6.07, 6.45) is 0. The third-order valence-corrected chi connectivity index (χ3v) is 2.60. The lowest BCUT2D eigenvalue weighted by molar-refractivity contribution is 0.0687. The Morgan fingerprint density at radius 3 is 1.52 bits per heavy atom. The van der Waals surface area contributed by atoms with Crippen molar-refractivity contribution in [1.29, 1.82) is 0 Å². The highest BCUT2D eigenvalue weighted by Crippen LogP contribution is 2.32. The average Bonchev–Trinajstić information content (AvgIpc) is 2.42. The van der Waals surface area contributed by atoms with Gasteiger partial charge in [-0.15, -0.1) is 0 Å². The highest BCUT2D eigenvalue weighted by atomic mass is 19.1. The number of halogens is 2. The molecule has 0 aliphatic heterocycles. The molecule has 0 heterocycles. The summed E-state index contributed by atoms with van der Waals surface area (Å²) in [6, 6.07) is 6.24. The molecule has 0 amide bonds. The Morgan fingerprint density at radius 1 is 0.810 bits per heavy atom. The van der Waals surface area contributed by atoms with Gasteiger partial charge in [0, 0.05) is 0 Å². The summed E-state index contributed by atoms with van der Waals surface area (Å²) in [4.78, 5) is 22.0. The van der Waals surface area contributed by atoms with Crippen molar-refractivity contribution < 1.29 is 33.3 Å². The molecule has 108 valence electrons. The zero-order valence-electron chi connectivity index (χ0n) is 10.3. The van der Waals surface area contributed by atoms with E-state index in [1.807, 2.05) is 0 Å². The molecule has 5 nitrogen and oxygen atoms in total. The van der Waals surface area contributed by atoms with E-state index in [0.29, 0.717) is 0 Å². The van der Waals surface area contributed by atoms with Crippen LogP contribution in [0.4, 0.5) is 8.78 Å². The zero-order valence-corrected chi connectivity index (χ0v) is 10.3. The number of ether oxygens (including phenoxy) is 1. The van der Waals surface area contributed by atoms with E-state index in [0.717, 1.165) is 36.4 Å². The van der Waals surface area contributed by atoms with E-state index in [9.17, 15) is 18.4 Å². The lowest BCUT2D eigenvalue weighted by Gasteiger charge is -2.12. The van der Waals surface area contributed by atoms with Crippen LogP contribution < -0.4 is 4.74 Å². The Bertz CT molecular complexity index is 666. The lowest BCUT2D eigenvalue weighted by Crippen LogP contribution is -2.06. The van der Waals surface area contributed by atoms with E-state index in [2.05, 4.69) is 0 Å². The topological polar surface area (TPSA) is 83.8 Å². The number of carbonyl (C=O) groups is 2. The van der Waals surface area contributed by atoms with Crippen LogP contribution in [0, 0.1) is 11.6 Å². The molecule has 0 spiro atoms. The monoisotopic (exact) mass is 294 g/mol. The minimum Gasteiger partial charge on any atom is -0.478 e. The van der Waals surface area contributed by atoms with Gasteiger partial charge in [0.1, 0.15) is 11.1 Å². The number of hydrogen-bond donors (Lipinski definition) is 2. The van der Waals surface area contributed by atoms with Gasteiger partial charge in [0.15, 0.2) is 23.1 Å². The summed E-state index contributed by atoms with van der Waals surface area (Å²) < 4.78 is 32.3. The van der Waals surface area contributed by atoms with Crippen LogP contribution in [0.5, 0.6) is 11.5 Å². The van der Waals surface area contributed by atoms with Crippen molar-refractivity contribution in [3.63, 3.8) is 0 Å². The predicted molar refractivity (Wildman–Crippen MR) is 66.8 cm³/mol. The first kappa shape index (κ1) is 14.4. The maximum absolute atomic E-state index is 13.7. The third-order valence-electron chi connectivity index (χ3n) is 2.60. The quantitative estimate of drug-likeness (QED) is 0.905. The first-order valence-electron chi connectivity index (χ1n) is 5.63. The van der Waals surface area contributed by atoms with Gasteiger partial charge in [0.2, 0.25) is 0 Å². The van der Waals surface area contributed by atoms with Crippen molar-refractivity contribution >= 4 is 11.9 Å². The Morgan fingerprint density at radius 2 is 1.19 bits per heavy atom. The normalized spacial score (nSPS) is 10.2. The molecule has 0 aromatic heterocycles. The number of carboxylic acid groups (broad SMARTS) is 2. The molecule has 0 aliphatic carbocycles. The molecule has 0 saturated heterocycles. The van der Waals surface area contributed by atoms with E-state index in [1.165, 1.54) is 0 Å². The van der Waals surface area contributed by atoms with Crippen LogP contribution in [-0.4, -0.2) is 22.2 Å². The molecule has 21 heavy (non-hydrogen) atoms. The molecule has 2 aromatic carbocycles. The maximum atomic E-state index is 13.7. The molecule has 0 fully saturated rings. The van der Waals surface area contributed by atoms with E-state index in [1.54, 1.807) is 0 Å². The summed E-state index contributed by atoms with van der Waals surface area (Å²) in [5.41, 5.74) is -1.09. The summed E-state index contributed by atoms with van der Waals surface area (Å²) in [6.45, 7) is 0. The molecule has 0 atom stereocenters. The molecule has 0 radical (unpaired) electrons. The van der Waals surface area contributed by atoms with Gasteiger partial charge in [-0.2, -0.15) is 0 Å². The van der Waals surface area contributed by atoms with Gasteiger partial charge in [0.25, 0.3) is 0 Å². The summed E-state index contributed by atoms with van der Waals surface area (Å²) in [5, 5.41) is 17.9. The van der Waals surface area contributed by atoms with E-state index in [-0.39, 0.29) is 0 Å². The Hall–Kier alpha value is -2.96. The minimum absolute atomic E-state index is 0.547. The standard InChI is InChI=1S/C14H8F2O5/c15-9-5-1-3-7(13(17)18)11(9)21-12-8(14(19)20)4-2-6-10(12)16/h1-6H,(H,17,18)(H,19,20). The fourth-order valence-electron chi connectivity index (χ4n) is 1.66. The molecule has 2 aromatic rings. The predicted octanol–water partition coefficient (Wildman–Crippen LogP) is 3.15. The molecule has 2 N–H and O–H groups in total.